The van der Waals surface area contributed by atoms with Crippen LogP contribution < -0.4 is 5.32 Å². The maximum Gasteiger partial charge on any atom is 0.150 e. The molecule has 2 aromatic carbocycles. The molecule has 6 heteroatoms. The van der Waals surface area contributed by atoms with Crippen LogP contribution in [0.3, 0.4) is 0 Å². The smallest absolute Gasteiger partial charge is 0.150 e. The number of thiazole rings is 1. The zero-order chi connectivity index (χ0) is 14.8. The fourth-order valence-corrected chi connectivity index (χ4v) is 3.97. The zero-order valence-corrected chi connectivity index (χ0v) is 14.3. The Morgan fingerprint density at radius 3 is 2.81 bits per heavy atom. The quantitative estimate of drug-likeness (QED) is 0.587. The second kappa shape index (κ2) is 6.44. The average molecular weight is 355 g/mol. The molecule has 21 heavy (non-hydrogen) atoms. The maximum absolute atomic E-state index is 6.18. The van der Waals surface area contributed by atoms with E-state index in [0.717, 1.165) is 21.1 Å². The Bertz CT molecular complexity index is 786. The van der Waals surface area contributed by atoms with Crippen LogP contribution in [-0.2, 0) is 6.54 Å². The first kappa shape index (κ1) is 15.0. The van der Waals surface area contributed by atoms with E-state index >= 15 is 0 Å². The molecule has 0 aliphatic carbocycles. The van der Waals surface area contributed by atoms with Crippen LogP contribution in [0.2, 0.25) is 10.0 Å². The van der Waals surface area contributed by atoms with Crippen molar-refractivity contribution in [2.75, 3.05) is 11.6 Å². The molecule has 0 unspecified atom stereocenters. The molecule has 0 aliphatic heterocycles. The molecule has 1 heterocycles. The zero-order valence-electron chi connectivity index (χ0n) is 11.2. The summed E-state index contributed by atoms with van der Waals surface area (Å²) in [6.07, 6.45) is 2.04. The topological polar surface area (TPSA) is 24.9 Å². The summed E-state index contributed by atoms with van der Waals surface area (Å²) in [4.78, 5) is 4.53. The van der Waals surface area contributed by atoms with Gasteiger partial charge in [0.2, 0.25) is 0 Å². The molecule has 3 rings (SSSR count). The molecule has 0 amide bonds. The highest BCUT2D eigenvalue weighted by molar-refractivity contribution is 8.00. The summed E-state index contributed by atoms with van der Waals surface area (Å²) in [5, 5.41) is 4.72. The molecule has 0 saturated heterocycles. The van der Waals surface area contributed by atoms with Crippen molar-refractivity contribution in [2.45, 2.75) is 10.9 Å². The van der Waals surface area contributed by atoms with E-state index in [1.807, 2.05) is 30.5 Å². The Morgan fingerprint density at radius 1 is 1.19 bits per heavy atom. The molecule has 1 aromatic heterocycles. The highest BCUT2D eigenvalue weighted by atomic mass is 35.5. The molecular weight excluding hydrogens is 343 g/mol. The van der Waals surface area contributed by atoms with Crippen LogP contribution in [-0.4, -0.2) is 11.2 Å². The number of fused-ring (bicyclic) bond motifs is 1. The monoisotopic (exact) mass is 354 g/mol. The number of benzene rings is 2. The Kier molecular flexibility index (Phi) is 4.60. The third kappa shape index (κ3) is 3.46. The van der Waals surface area contributed by atoms with Gasteiger partial charge in [-0.1, -0.05) is 41.0 Å². The summed E-state index contributed by atoms with van der Waals surface area (Å²) in [7, 11) is 0. The summed E-state index contributed by atoms with van der Waals surface area (Å²) < 4.78 is 2.27. The van der Waals surface area contributed by atoms with Gasteiger partial charge in [0.1, 0.15) is 0 Å². The van der Waals surface area contributed by atoms with Crippen LogP contribution in [0.5, 0.6) is 0 Å². The predicted octanol–water partition coefficient (Wildman–Crippen LogP) is 5.94. The summed E-state index contributed by atoms with van der Waals surface area (Å²) in [6, 6.07) is 11.7. The van der Waals surface area contributed by atoms with Crippen molar-refractivity contribution in [1.29, 1.82) is 0 Å². The van der Waals surface area contributed by atoms with Crippen molar-refractivity contribution >= 4 is 62.2 Å². The van der Waals surface area contributed by atoms with E-state index in [0.29, 0.717) is 16.6 Å². The van der Waals surface area contributed by atoms with Crippen molar-refractivity contribution in [1.82, 2.24) is 4.98 Å². The molecule has 3 aromatic rings. The van der Waals surface area contributed by atoms with Gasteiger partial charge in [0.25, 0.3) is 0 Å². The minimum atomic E-state index is 0.652. The van der Waals surface area contributed by atoms with Crippen LogP contribution >= 0.6 is 46.3 Å². The van der Waals surface area contributed by atoms with Gasteiger partial charge in [-0.15, -0.1) is 11.3 Å². The van der Waals surface area contributed by atoms with Gasteiger partial charge >= 0.3 is 0 Å². The first-order valence-electron chi connectivity index (χ1n) is 6.28. The fourth-order valence-electron chi connectivity index (χ4n) is 1.96. The highest BCUT2D eigenvalue weighted by Gasteiger charge is 2.05. The number of nitrogens with zero attached hydrogens (tertiary/aromatic N) is 1. The molecule has 0 saturated carbocycles. The minimum Gasteiger partial charge on any atom is -0.381 e. The van der Waals surface area contributed by atoms with Crippen molar-refractivity contribution < 1.29 is 0 Å². The van der Waals surface area contributed by atoms with Crippen LogP contribution in [0.1, 0.15) is 5.56 Å². The molecule has 0 bridgehead atoms. The second-order valence-electron chi connectivity index (χ2n) is 4.46. The number of rotatable bonds is 4. The number of halogens is 2. The number of nitrogens with one attached hydrogen (secondary N) is 1. The average Bonchev–Trinajstić information content (AvgIpc) is 2.88. The van der Waals surface area contributed by atoms with Gasteiger partial charge in [0.15, 0.2) is 4.34 Å². The van der Waals surface area contributed by atoms with Crippen molar-refractivity contribution in [3.05, 3.63) is 52.0 Å². The minimum absolute atomic E-state index is 0.652. The van der Waals surface area contributed by atoms with Gasteiger partial charge in [0.05, 0.1) is 10.2 Å². The van der Waals surface area contributed by atoms with E-state index in [9.17, 15) is 0 Å². The van der Waals surface area contributed by atoms with E-state index in [1.54, 1.807) is 29.2 Å². The summed E-state index contributed by atoms with van der Waals surface area (Å²) in [6.45, 7) is 0.662. The number of hydrogen-bond donors (Lipinski definition) is 1. The highest BCUT2D eigenvalue weighted by Crippen LogP contribution is 2.30. The number of thioether (sulfide) groups is 1. The normalized spacial score (nSPS) is 11.0. The lowest BCUT2D eigenvalue weighted by molar-refractivity contribution is 1.15. The molecule has 0 fully saturated rings. The molecule has 0 spiro atoms. The number of hydrogen-bond acceptors (Lipinski definition) is 4. The summed E-state index contributed by atoms with van der Waals surface area (Å²) in [5.74, 6) is 0. The maximum atomic E-state index is 6.18. The lowest BCUT2D eigenvalue weighted by atomic mass is 10.2. The largest absolute Gasteiger partial charge is 0.381 e. The molecule has 1 N–H and O–H groups in total. The Morgan fingerprint density at radius 2 is 2.05 bits per heavy atom. The first-order valence-corrected chi connectivity index (χ1v) is 9.08. The SMILES string of the molecule is CSc1nc2ccc(NCc3ccc(Cl)cc3Cl)cc2s1. The summed E-state index contributed by atoms with van der Waals surface area (Å²) >= 11 is 15.5. The van der Waals surface area contributed by atoms with E-state index in [4.69, 9.17) is 23.2 Å². The van der Waals surface area contributed by atoms with Crippen LogP contribution in [0.15, 0.2) is 40.7 Å². The van der Waals surface area contributed by atoms with Gasteiger partial charge in [-0.3, -0.25) is 0 Å². The summed E-state index contributed by atoms with van der Waals surface area (Å²) in [5.41, 5.74) is 3.12. The Hall–Kier alpha value is -0.940. The van der Waals surface area contributed by atoms with E-state index in [1.165, 1.54) is 4.70 Å². The molecule has 2 nitrogen and oxygen atoms in total. The van der Waals surface area contributed by atoms with Gasteiger partial charge in [-0.25, -0.2) is 4.98 Å². The molecule has 0 aliphatic rings. The number of anilines is 1. The van der Waals surface area contributed by atoms with Crippen molar-refractivity contribution in [2.24, 2.45) is 0 Å². The van der Waals surface area contributed by atoms with Gasteiger partial charge in [0, 0.05) is 22.3 Å². The third-order valence-electron chi connectivity index (χ3n) is 3.04. The van der Waals surface area contributed by atoms with E-state index in [-0.39, 0.29) is 0 Å². The molecule has 0 atom stereocenters. The molecule has 0 radical (unpaired) electrons. The van der Waals surface area contributed by atoms with Crippen molar-refractivity contribution in [3.63, 3.8) is 0 Å². The molecule has 108 valence electrons. The fraction of sp³-hybridized carbons (Fsp3) is 0.133. The third-order valence-corrected chi connectivity index (χ3v) is 5.63. The Labute approximate surface area is 141 Å². The van der Waals surface area contributed by atoms with E-state index < -0.39 is 0 Å². The predicted molar refractivity (Wildman–Crippen MR) is 95.2 cm³/mol. The van der Waals surface area contributed by atoms with Crippen LogP contribution in [0, 0.1) is 0 Å². The Balaban J connectivity index is 1.78. The van der Waals surface area contributed by atoms with E-state index in [2.05, 4.69) is 16.4 Å². The van der Waals surface area contributed by atoms with Gasteiger partial charge in [-0.05, 0) is 42.2 Å². The molecular formula is C15H12Cl2N2S2. The van der Waals surface area contributed by atoms with Crippen LogP contribution in [0.25, 0.3) is 10.2 Å². The van der Waals surface area contributed by atoms with Gasteiger partial charge < -0.3 is 5.32 Å². The van der Waals surface area contributed by atoms with Gasteiger partial charge in [-0.2, -0.15) is 0 Å². The second-order valence-corrected chi connectivity index (χ2v) is 7.38. The lowest BCUT2D eigenvalue weighted by Gasteiger charge is -2.08. The van der Waals surface area contributed by atoms with Crippen LogP contribution in [0.4, 0.5) is 5.69 Å². The first-order chi connectivity index (χ1) is 10.2. The standard InChI is InChI=1S/C15H12Cl2N2S2/c1-20-15-19-13-5-4-11(7-14(13)21-15)18-8-9-2-3-10(16)6-12(9)17/h2-7,18H,8H2,1H3. The van der Waals surface area contributed by atoms with Crippen molar-refractivity contribution in [3.8, 4) is 0 Å². The lowest BCUT2D eigenvalue weighted by Crippen LogP contribution is -1.99. The number of aromatic nitrogens is 1.